The van der Waals surface area contributed by atoms with E-state index in [1.807, 2.05) is 6.92 Å². The number of nitrogen functional groups attached to an aromatic ring is 1. The lowest BCUT2D eigenvalue weighted by Gasteiger charge is -2.07. The highest BCUT2D eigenvalue weighted by atomic mass is 16.5. The van der Waals surface area contributed by atoms with Gasteiger partial charge in [0.15, 0.2) is 0 Å². The molecular weight excluding hydrogens is 216 g/mol. The molecule has 0 aliphatic carbocycles. The lowest BCUT2D eigenvalue weighted by molar-refractivity contribution is 0.0927. The third-order valence-corrected chi connectivity index (χ3v) is 2.09. The van der Waals surface area contributed by atoms with Crippen molar-refractivity contribution in [2.45, 2.75) is 6.92 Å². The van der Waals surface area contributed by atoms with E-state index in [0.717, 1.165) is 5.57 Å². The lowest BCUT2D eigenvalue weighted by Crippen LogP contribution is -2.28. The number of nitrogens with two attached hydrogens (primary N) is 1. The normalized spacial score (nSPS) is 9.94. The van der Waals surface area contributed by atoms with E-state index >= 15 is 0 Å². The Bertz CT molecular complexity index is 402. The van der Waals surface area contributed by atoms with Crippen LogP contribution in [0.3, 0.4) is 0 Å². The minimum Gasteiger partial charge on any atom is -0.398 e. The van der Waals surface area contributed by atoms with E-state index in [1.54, 1.807) is 24.3 Å². The second kappa shape index (κ2) is 6.70. The van der Waals surface area contributed by atoms with E-state index in [9.17, 15) is 4.79 Å². The Morgan fingerprint density at radius 1 is 1.47 bits per heavy atom. The molecule has 4 heteroatoms. The summed E-state index contributed by atoms with van der Waals surface area (Å²) < 4.78 is 5.27. The van der Waals surface area contributed by atoms with Gasteiger partial charge in [-0.2, -0.15) is 0 Å². The molecule has 0 radical (unpaired) electrons. The number of nitrogens with one attached hydrogen (secondary N) is 1. The summed E-state index contributed by atoms with van der Waals surface area (Å²) in [7, 11) is 0. The van der Waals surface area contributed by atoms with E-state index in [0.29, 0.717) is 31.0 Å². The van der Waals surface area contributed by atoms with E-state index in [1.165, 1.54) is 0 Å². The zero-order chi connectivity index (χ0) is 12.7. The highest BCUT2D eigenvalue weighted by Gasteiger charge is 2.07. The van der Waals surface area contributed by atoms with Crippen molar-refractivity contribution in [3.63, 3.8) is 0 Å². The predicted octanol–water partition coefficient (Wildman–Crippen LogP) is 1.59. The molecule has 0 aromatic heterocycles. The summed E-state index contributed by atoms with van der Waals surface area (Å²) in [6.45, 7) is 7.05. The monoisotopic (exact) mass is 234 g/mol. The van der Waals surface area contributed by atoms with Gasteiger partial charge in [0.1, 0.15) is 0 Å². The van der Waals surface area contributed by atoms with Crippen molar-refractivity contribution < 1.29 is 9.53 Å². The molecule has 1 aromatic carbocycles. The number of ether oxygens (including phenoxy) is 1. The van der Waals surface area contributed by atoms with Crippen LogP contribution in [0.25, 0.3) is 0 Å². The third kappa shape index (κ3) is 4.70. The maximum absolute atomic E-state index is 11.7. The summed E-state index contributed by atoms with van der Waals surface area (Å²) in [5, 5.41) is 2.74. The fourth-order valence-corrected chi connectivity index (χ4v) is 1.28. The van der Waals surface area contributed by atoms with Crippen LogP contribution in [-0.4, -0.2) is 25.7 Å². The quantitative estimate of drug-likeness (QED) is 0.446. The molecule has 0 bridgehead atoms. The first kappa shape index (κ1) is 13.3. The second-order valence-corrected chi connectivity index (χ2v) is 3.85. The summed E-state index contributed by atoms with van der Waals surface area (Å²) >= 11 is 0. The number of carbonyl (C=O) groups excluding carboxylic acids is 1. The Kier molecular flexibility index (Phi) is 5.23. The molecule has 3 N–H and O–H groups in total. The van der Waals surface area contributed by atoms with Crippen molar-refractivity contribution in [1.82, 2.24) is 5.32 Å². The topological polar surface area (TPSA) is 64.3 Å². The van der Waals surface area contributed by atoms with Crippen molar-refractivity contribution >= 4 is 11.6 Å². The minimum absolute atomic E-state index is 0.179. The Morgan fingerprint density at radius 3 is 2.82 bits per heavy atom. The lowest BCUT2D eigenvalue weighted by atomic mass is 10.2. The van der Waals surface area contributed by atoms with Gasteiger partial charge in [0, 0.05) is 12.2 Å². The molecule has 92 valence electrons. The van der Waals surface area contributed by atoms with Crippen LogP contribution in [0.4, 0.5) is 5.69 Å². The average molecular weight is 234 g/mol. The smallest absolute Gasteiger partial charge is 0.253 e. The number of rotatable bonds is 6. The van der Waals surface area contributed by atoms with E-state index < -0.39 is 0 Å². The van der Waals surface area contributed by atoms with Crippen LogP contribution in [0.15, 0.2) is 36.4 Å². The minimum atomic E-state index is -0.179. The Balaban J connectivity index is 2.31. The van der Waals surface area contributed by atoms with Crippen LogP contribution >= 0.6 is 0 Å². The molecule has 0 atom stereocenters. The van der Waals surface area contributed by atoms with Gasteiger partial charge in [-0.1, -0.05) is 24.3 Å². The average Bonchev–Trinajstić information content (AvgIpc) is 2.28. The van der Waals surface area contributed by atoms with E-state index in [-0.39, 0.29) is 5.91 Å². The number of para-hydroxylation sites is 1. The molecule has 17 heavy (non-hydrogen) atoms. The van der Waals surface area contributed by atoms with Crippen molar-refractivity contribution in [3.8, 4) is 0 Å². The van der Waals surface area contributed by atoms with Crippen LogP contribution in [-0.2, 0) is 4.74 Å². The molecule has 0 fully saturated rings. The van der Waals surface area contributed by atoms with Crippen molar-refractivity contribution in [2.24, 2.45) is 0 Å². The Labute approximate surface area is 101 Å². The third-order valence-electron chi connectivity index (χ3n) is 2.09. The number of anilines is 1. The molecule has 0 saturated heterocycles. The first-order valence-electron chi connectivity index (χ1n) is 5.46. The zero-order valence-corrected chi connectivity index (χ0v) is 10.0. The van der Waals surface area contributed by atoms with Gasteiger partial charge in [0.05, 0.1) is 18.8 Å². The number of benzene rings is 1. The number of amides is 1. The van der Waals surface area contributed by atoms with Crippen LogP contribution in [0.2, 0.25) is 0 Å². The van der Waals surface area contributed by atoms with Crippen LogP contribution in [0.1, 0.15) is 17.3 Å². The number of hydrogen-bond acceptors (Lipinski definition) is 3. The first-order valence-corrected chi connectivity index (χ1v) is 5.46. The van der Waals surface area contributed by atoms with E-state index in [2.05, 4.69) is 11.9 Å². The molecule has 0 aliphatic rings. The fourth-order valence-electron chi connectivity index (χ4n) is 1.28. The summed E-state index contributed by atoms with van der Waals surface area (Å²) in [6, 6.07) is 6.97. The van der Waals surface area contributed by atoms with Gasteiger partial charge in [-0.25, -0.2) is 0 Å². The molecule has 0 saturated carbocycles. The van der Waals surface area contributed by atoms with Gasteiger partial charge in [-0.15, -0.1) is 0 Å². The zero-order valence-electron chi connectivity index (χ0n) is 10.0. The van der Waals surface area contributed by atoms with Crippen LogP contribution in [0.5, 0.6) is 0 Å². The number of carbonyl (C=O) groups is 1. The summed E-state index contributed by atoms with van der Waals surface area (Å²) in [4.78, 5) is 11.7. The molecule has 1 rings (SSSR count). The highest BCUT2D eigenvalue weighted by Crippen LogP contribution is 2.09. The summed E-state index contributed by atoms with van der Waals surface area (Å²) in [5.74, 6) is -0.179. The standard InChI is InChI=1S/C13H18N2O2/c1-10(2)9-17-8-7-15-13(16)11-5-3-4-6-12(11)14/h3-6H,1,7-9,14H2,2H3,(H,15,16). The summed E-state index contributed by atoms with van der Waals surface area (Å²) in [6.07, 6.45) is 0. The maximum atomic E-state index is 11.7. The van der Waals surface area contributed by atoms with Gasteiger partial charge < -0.3 is 15.8 Å². The SMILES string of the molecule is C=C(C)COCCNC(=O)c1ccccc1N. The first-order chi connectivity index (χ1) is 8.11. The molecule has 0 unspecified atom stereocenters. The van der Waals surface area contributed by atoms with Gasteiger partial charge in [-0.05, 0) is 19.1 Å². The molecule has 1 amide bonds. The predicted molar refractivity (Wildman–Crippen MR) is 68.8 cm³/mol. The number of hydrogen-bond donors (Lipinski definition) is 2. The maximum Gasteiger partial charge on any atom is 0.253 e. The summed E-state index contributed by atoms with van der Waals surface area (Å²) in [5.41, 5.74) is 7.62. The van der Waals surface area contributed by atoms with Gasteiger partial charge >= 0.3 is 0 Å². The molecule has 0 heterocycles. The van der Waals surface area contributed by atoms with Crippen molar-refractivity contribution in [1.29, 1.82) is 0 Å². The van der Waals surface area contributed by atoms with Gasteiger partial charge in [0.25, 0.3) is 5.91 Å². The van der Waals surface area contributed by atoms with Gasteiger partial charge in [-0.3, -0.25) is 4.79 Å². The largest absolute Gasteiger partial charge is 0.398 e. The fraction of sp³-hybridized carbons (Fsp3) is 0.308. The Hall–Kier alpha value is -1.81. The van der Waals surface area contributed by atoms with Crippen molar-refractivity contribution in [2.75, 3.05) is 25.5 Å². The molecule has 0 aliphatic heterocycles. The van der Waals surface area contributed by atoms with Gasteiger partial charge in [0.2, 0.25) is 0 Å². The molecule has 1 aromatic rings. The second-order valence-electron chi connectivity index (χ2n) is 3.85. The van der Waals surface area contributed by atoms with Crippen LogP contribution < -0.4 is 11.1 Å². The van der Waals surface area contributed by atoms with E-state index in [4.69, 9.17) is 10.5 Å². The molecule has 0 spiro atoms. The van der Waals surface area contributed by atoms with Crippen LogP contribution in [0, 0.1) is 0 Å². The molecule has 4 nitrogen and oxygen atoms in total. The molecular formula is C13H18N2O2. The Morgan fingerprint density at radius 2 is 2.18 bits per heavy atom. The highest BCUT2D eigenvalue weighted by molar-refractivity contribution is 5.98. The van der Waals surface area contributed by atoms with Crippen molar-refractivity contribution in [3.05, 3.63) is 42.0 Å².